The number of carboxylic acids is 1. The number of carbonyl (C=O) groups is 1. The van der Waals surface area contributed by atoms with E-state index in [1.54, 1.807) is 4.90 Å². The summed E-state index contributed by atoms with van der Waals surface area (Å²) >= 11 is 0. The average Bonchev–Trinajstić information content (AvgIpc) is 2.62. The van der Waals surface area contributed by atoms with Gasteiger partial charge in [-0.1, -0.05) is 12.1 Å². The Morgan fingerprint density at radius 2 is 2.12 bits per heavy atom. The highest BCUT2D eigenvalue weighted by atomic mass is 16.5. The van der Waals surface area contributed by atoms with Crippen LogP contribution in [0.3, 0.4) is 0 Å². The first kappa shape index (κ1) is 13.6. The van der Waals surface area contributed by atoms with Crippen molar-refractivity contribution in [2.75, 3.05) is 6.54 Å². The molecule has 0 aliphatic heterocycles. The molecule has 0 aromatic carbocycles. The lowest BCUT2D eigenvalue weighted by Crippen LogP contribution is -2.43. The lowest BCUT2D eigenvalue weighted by atomic mass is 10.1. The third-order valence-electron chi connectivity index (χ3n) is 2.43. The summed E-state index contributed by atoms with van der Waals surface area (Å²) in [5.74, 6) is 0.234. The summed E-state index contributed by atoms with van der Waals surface area (Å²) < 4.78 is 5.07. The number of rotatable bonds is 5. The number of hydrogen-bond acceptors (Lipinski definition) is 5. The van der Waals surface area contributed by atoms with Crippen LogP contribution in [0.1, 0.15) is 39.4 Å². The minimum absolute atomic E-state index is 0.0483. The Bertz CT molecular complexity index is 382. The minimum Gasteiger partial charge on any atom is -0.480 e. The summed E-state index contributed by atoms with van der Waals surface area (Å²) in [6, 6.07) is 0. The monoisotopic (exact) mass is 241 g/mol. The molecule has 0 fully saturated rings. The maximum Gasteiger partial charge on any atom is 0.317 e. The third-order valence-corrected chi connectivity index (χ3v) is 2.43. The Kier molecular flexibility index (Phi) is 4.22. The van der Waals surface area contributed by atoms with E-state index < -0.39 is 5.97 Å². The fourth-order valence-electron chi connectivity index (χ4n) is 1.35. The molecule has 1 heterocycles. The maximum atomic E-state index is 10.8. The largest absolute Gasteiger partial charge is 0.480 e. The van der Waals surface area contributed by atoms with Crippen LogP contribution in [0.4, 0.5) is 0 Å². The minimum atomic E-state index is -0.866. The predicted octanol–water partition coefficient (Wildman–Crippen LogP) is 1.32. The fourth-order valence-corrected chi connectivity index (χ4v) is 1.35. The lowest BCUT2D eigenvalue weighted by Gasteiger charge is -2.32. The summed E-state index contributed by atoms with van der Waals surface area (Å²) in [6.45, 7) is 8.09. The fraction of sp³-hybridized carbons (Fsp3) is 0.727. The highest BCUT2D eigenvalue weighted by Crippen LogP contribution is 2.16. The van der Waals surface area contributed by atoms with Gasteiger partial charge >= 0.3 is 5.97 Å². The molecule has 0 radical (unpaired) electrons. The topological polar surface area (TPSA) is 79.5 Å². The molecule has 6 heteroatoms. The molecule has 1 aromatic heterocycles. The van der Waals surface area contributed by atoms with Gasteiger partial charge in [0, 0.05) is 12.0 Å². The van der Waals surface area contributed by atoms with E-state index >= 15 is 0 Å². The third kappa shape index (κ3) is 4.14. The molecular formula is C11H19N3O3. The SMILES string of the molecule is CCc1noc(CN(CC(=O)O)C(C)(C)C)n1. The molecule has 17 heavy (non-hydrogen) atoms. The Morgan fingerprint density at radius 3 is 2.53 bits per heavy atom. The molecule has 6 nitrogen and oxygen atoms in total. The summed E-state index contributed by atoms with van der Waals surface area (Å²) in [6.07, 6.45) is 0.706. The first-order valence-corrected chi connectivity index (χ1v) is 5.61. The number of carboxylic acid groups (broad SMARTS) is 1. The van der Waals surface area contributed by atoms with Gasteiger partial charge in [0.2, 0.25) is 5.89 Å². The van der Waals surface area contributed by atoms with Crippen LogP contribution >= 0.6 is 0 Å². The average molecular weight is 241 g/mol. The van der Waals surface area contributed by atoms with Gasteiger partial charge in [-0.05, 0) is 20.8 Å². The van der Waals surface area contributed by atoms with E-state index in [1.165, 1.54) is 0 Å². The molecule has 0 bridgehead atoms. The van der Waals surface area contributed by atoms with E-state index in [0.717, 1.165) is 0 Å². The standard InChI is InChI=1S/C11H19N3O3/c1-5-8-12-9(17-13-8)6-14(7-10(15)16)11(2,3)4/h5-7H2,1-4H3,(H,15,16). The van der Waals surface area contributed by atoms with E-state index in [4.69, 9.17) is 9.63 Å². The van der Waals surface area contributed by atoms with Gasteiger partial charge in [0.05, 0.1) is 13.1 Å². The molecule has 0 spiro atoms. The summed E-state index contributed by atoms with van der Waals surface area (Å²) in [7, 11) is 0. The van der Waals surface area contributed by atoms with Gasteiger partial charge in [-0.3, -0.25) is 9.69 Å². The van der Waals surface area contributed by atoms with E-state index in [-0.39, 0.29) is 12.1 Å². The van der Waals surface area contributed by atoms with Gasteiger partial charge in [-0.15, -0.1) is 0 Å². The molecule has 0 saturated heterocycles. The Labute approximate surface area is 101 Å². The molecule has 0 amide bonds. The van der Waals surface area contributed by atoms with Gasteiger partial charge in [0.25, 0.3) is 0 Å². The van der Waals surface area contributed by atoms with Crippen molar-refractivity contribution in [3.63, 3.8) is 0 Å². The smallest absolute Gasteiger partial charge is 0.317 e. The maximum absolute atomic E-state index is 10.8. The predicted molar refractivity (Wildman–Crippen MR) is 61.5 cm³/mol. The number of aryl methyl sites for hydroxylation is 1. The number of aromatic nitrogens is 2. The number of nitrogens with zero attached hydrogens (tertiary/aromatic N) is 3. The first-order chi connectivity index (χ1) is 7.82. The van der Waals surface area contributed by atoms with Crippen molar-refractivity contribution in [1.82, 2.24) is 15.0 Å². The van der Waals surface area contributed by atoms with Crippen molar-refractivity contribution in [3.05, 3.63) is 11.7 Å². The Balaban J connectivity index is 2.75. The van der Waals surface area contributed by atoms with Gasteiger partial charge in [0.15, 0.2) is 5.82 Å². The second-order valence-corrected chi connectivity index (χ2v) is 4.88. The van der Waals surface area contributed by atoms with E-state index in [9.17, 15) is 4.79 Å². The van der Waals surface area contributed by atoms with Crippen LogP contribution in [0.5, 0.6) is 0 Å². The van der Waals surface area contributed by atoms with Crippen molar-refractivity contribution in [2.45, 2.75) is 46.2 Å². The molecule has 1 N–H and O–H groups in total. The molecule has 0 unspecified atom stereocenters. The van der Waals surface area contributed by atoms with E-state index in [1.807, 2.05) is 27.7 Å². The van der Waals surface area contributed by atoms with Crippen molar-refractivity contribution >= 4 is 5.97 Å². The summed E-state index contributed by atoms with van der Waals surface area (Å²) in [4.78, 5) is 16.8. The van der Waals surface area contributed by atoms with Crippen molar-refractivity contribution in [3.8, 4) is 0 Å². The second-order valence-electron chi connectivity index (χ2n) is 4.88. The zero-order valence-corrected chi connectivity index (χ0v) is 10.7. The molecule has 1 rings (SSSR count). The van der Waals surface area contributed by atoms with Crippen LogP contribution in [-0.2, 0) is 17.8 Å². The molecule has 0 atom stereocenters. The molecule has 0 saturated carbocycles. The second kappa shape index (κ2) is 5.27. The molecular weight excluding hydrogens is 222 g/mol. The quantitative estimate of drug-likeness (QED) is 0.837. The van der Waals surface area contributed by atoms with Crippen molar-refractivity contribution < 1.29 is 14.4 Å². The van der Waals surface area contributed by atoms with Gasteiger partial charge in [-0.25, -0.2) is 0 Å². The van der Waals surface area contributed by atoms with Gasteiger partial charge in [0.1, 0.15) is 0 Å². The van der Waals surface area contributed by atoms with Crippen LogP contribution < -0.4 is 0 Å². The Hall–Kier alpha value is -1.43. The highest BCUT2D eigenvalue weighted by molar-refractivity contribution is 5.69. The number of aliphatic carboxylic acids is 1. The van der Waals surface area contributed by atoms with Crippen LogP contribution in [0.25, 0.3) is 0 Å². The summed E-state index contributed by atoms with van der Waals surface area (Å²) in [5.41, 5.74) is -0.265. The Morgan fingerprint density at radius 1 is 1.47 bits per heavy atom. The van der Waals surface area contributed by atoms with Gasteiger partial charge < -0.3 is 9.63 Å². The molecule has 0 aliphatic rings. The van der Waals surface area contributed by atoms with Crippen LogP contribution in [0.15, 0.2) is 4.52 Å². The van der Waals surface area contributed by atoms with Crippen LogP contribution in [0, 0.1) is 0 Å². The highest BCUT2D eigenvalue weighted by Gasteiger charge is 2.25. The van der Waals surface area contributed by atoms with E-state index in [2.05, 4.69) is 10.1 Å². The van der Waals surface area contributed by atoms with Crippen molar-refractivity contribution in [1.29, 1.82) is 0 Å². The molecule has 0 aliphatic carbocycles. The molecule has 96 valence electrons. The van der Waals surface area contributed by atoms with E-state index in [0.29, 0.717) is 24.7 Å². The zero-order chi connectivity index (χ0) is 13.1. The zero-order valence-electron chi connectivity index (χ0n) is 10.7. The summed E-state index contributed by atoms with van der Waals surface area (Å²) in [5, 5.41) is 12.7. The van der Waals surface area contributed by atoms with Crippen LogP contribution in [-0.4, -0.2) is 38.2 Å². The van der Waals surface area contributed by atoms with Crippen molar-refractivity contribution in [2.24, 2.45) is 0 Å². The van der Waals surface area contributed by atoms with Crippen LogP contribution in [0.2, 0.25) is 0 Å². The van der Waals surface area contributed by atoms with Gasteiger partial charge in [-0.2, -0.15) is 4.98 Å². The normalized spacial score (nSPS) is 12.1. The lowest BCUT2D eigenvalue weighted by molar-refractivity contribution is -0.140. The first-order valence-electron chi connectivity index (χ1n) is 5.61. The molecule has 1 aromatic rings. The number of hydrogen-bond donors (Lipinski definition) is 1.